The summed E-state index contributed by atoms with van der Waals surface area (Å²) in [6.45, 7) is 2.31. The fraction of sp³-hybridized carbons (Fsp3) is 0.350. The van der Waals surface area contributed by atoms with Crippen LogP contribution in [-0.2, 0) is 4.79 Å². The van der Waals surface area contributed by atoms with Gasteiger partial charge in [-0.15, -0.1) is 12.4 Å². The third-order valence-electron chi connectivity index (χ3n) is 4.38. The van der Waals surface area contributed by atoms with E-state index in [1.807, 2.05) is 61.6 Å². The highest BCUT2D eigenvalue weighted by Crippen LogP contribution is 2.23. The van der Waals surface area contributed by atoms with Crippen LogP contribution >= 0.6 is 12.4 Å². The molecule has 140 valence electrons. The van der Waals surface area contributed by atoms with E-state index in [9.17, 15) is 4.79 Å². The number of anilines is 1. The normalized spacial score (nSPS) is 17.2. The molecule has 2 aromatic carbocycles. The molecule has 0 spiro atoms. The van der Waals surface area contributed by atoms with Gasteiger partial charge in [-0.1, -0.05) is 24.3 Å². The fourth-order valence-electron chi connectivity index (χ4n) is 3.10. The lowest BCUT2D eigenvalue weighted by Gasteiger charge is -2.31. The van der Waals surface area contributed by atoms with Crippen molar-refractivity contribution in [3.05, 3.63) is 54.6 Å². The third-order valence-corrected chi connectivity index (χ3v) is 4.38. The van der Waals surface area contributed by atoms with Crippen LogP contribution in [0, 0.1) is 0 Å². The van der Waals surface area contributed by atoms with Gasteiger partial charge in [-0.25, -0.2) is 0 Å². The second-order valence-corrected chi connectivity index (χ2v) is 6.35. The summed E-state index contributed by atoms with van der Waals surface area (Å²) in [5, 5.41) is 6.26. The van der Waals surface area contributed by atoms with Crippen LogP contribution in [0.5, 0.6) is 11.5 Å². The number of piperidine rings is 1. The Balaban J connectivity index is 0.00000243. The molecule has 1 atom stereocenters. The van der Waals surface area contributed by atoms with E-state index >= 15 is 0 Å². The number of carbonyl (C=O) groups is 1. The maximum atomic E-state index is 12.3. The van der Waals surface area contributed by atoms with Crippen molar-refractivity contribution < 1.29 is 9.53 Å². The maximum absolute atomic E-state index is 12.3. The Morgan fingerprint density at radius 2 is 1.92 bits per heavy atom. The Morgan fingerprint density at radius 3 is 2.69 bits per heavy atom. The van der Waals surface area contributed by atoms with Crippen molar-refractivity contribution in [3.63, 3.8) is 0 Å². The first kappa shape index (κ1) is 20.2. The van der Waals surface area contributed by atoms with Crippen LogP contribution in [0.3, 0.4) is 0 Å². The van der Waals surface area contributed by atoms with Gasteiger partial charge >= 0.3 is 0 Å². The topological polar surface area (TPSA) is 53.6 Å². The molecule has 1 heterocycles. The molecule has 6 heteroatoms. The molecule has 5 nitrogen and oxygen atoms in total. The number of rotatable bonds is 6. The number of halogens is 1. The van der Waals surface area contributed by atoms with Crippen LogP contribution in [0.15, 0.2) is 54.6 Å². The molecule has 0 aliphatic carbocycles. The smallest absolute Gasteiger partial charge is 0.238 e. The molecule has 0 aromatic heterocycles. The highest BCUT2D eigenvalue weighted by atomic mass is 35.5. The number of nitrogens with one attached hydrogen (secondary N) is 2. The van der Waals surface area contributed by atoms with E-state index < -0.39 is 0 Å². The number of likely N-dealkylation sites (N-methyl/N-ethyl adjacent to an activating group) is 1. The van der Waals surface area contributed by atoms with Gasteiger partial charge in [-0.2, -0.15) is 0 Å². The first-order valence-electron chi connectivity index (χ1n) is 8.75. The summed E-state index contributed by atoms with van der Waals surface area (Å²) in [6, 6.07) is 17.6. The zero-order chi connectivity index (χ0) is 17.5. The summed E-state index contributed by atoms with van der Waals surface area (Å²) in [5.41, 5.74) is 0.751. The fourth-order valence-corrected chi connectivity index (χ4v) is 3.10. The number of nitrogens with zero attached hydrogens (tertiary/aromatic N) is 1. The lowest BCUT2D eigenvalue weighted by molar-refractivity contribution is -0.117. The Morgan fingerprint density at radius 1 is 1.15 bits per heavy atom. The second kappa shape index (κ2) is 10.2. The zero-order valence-electron chi connectivity index (χ0n) is 15.0. The lowest BCUT2D eigenvalue weighted by atomic mass is 10.1. The number of para-hydroxylation sites is 1. The molecular formula is C20H26ClN3O2. The third kappa shape index (κ3) is 6.02. The van der Waals surface area contributed by atoms with Gasteiger partial charge in [0.1, 0.15) is 11.5 Å². The Hall–Kier alpha value is -2.08. The summed E-state index contributed by atoms with van der Waals surface area (Å²) in [6.07, 6.45) is 2.30. The molecule has 1 saturated heterocycles. The summed E-state index contributed by atoms with van der Waals surface area (Å²) >= 11 is 0. The van der Waals surface area contributed by atoms with Gasteiger partial charge in [0.05, 0.1) is 6.54 Å². The molecule has 1 fully saturated rings. The van der Waals surface area contributed by atoms with E-state index in [0.717, 1.165) is 30.9 Å². The van der Waals surface area contributed by atoms with Crippen molar-refractivity contribution in [1.82, 2.24) is 10.2 Å². The minimum Gasteiger partial charge on any atom is -0.457 e. The number of hydrogen-bond acceptors (Lipinski definition) is 4. The Kier molecular flexibility index (Phi) is 7.91. The number of carbonyl (C=O) groups excluding carboxylic acids is 1. The van der Waals surface area contributed by atoms with E-state index in [0.29, 0.717) is 18.3 Å². The predicted octanol–water partition coefficient (Wildman–Crippen LogP) is 3.52. The zero-order valence-corrected chi connectivity index (χ0v) is 15.8. The van der Waals surface area contributed by atoms with Crippen molar-refractivity contribution >= 4 is 24.0 Å². The number of likely N-dealkylation sites (tertiary alicyclic amines) is 1. The number of benzene rings is 2. The molecule has 1 aliphatic heterocycles. The van der Waals surface area contributed by atoms with Gasteiger partial charge < -0.3 is 15.4 Å². The van der Waals surface area contributed by atoms with Crippen LogP contribution in [0.25, 0.3) is 0 Å². The minimum atomic E-state index is 0. The average Bonchev–Trinajstić information content (AvgIpc) is 2.63. The molecule has 1 unspecified atom stereocenters. The summed E-state index contributed by atoms with van der Waals surface area (Å²) in [7, 11) is 1.98. The standard InChI is InChI=1S/C20H25N3O2.ClH/c1-21-17-8-6-12-23(14-17)15-20(24)22-16-7-5-11-19(13-16)25-18-9-3-2-4-10-18;/h2-5,7,9-11,13,17,21H,6,8,12,14-15H2,1H3,(H,22,24);1H. The van der Waals surface area contributed by atoms with Gasteiger partial charge in [0, 0.05) is 24.3 Å². The van der Waals surface area contributed by atoms with Gasteiger partial charge in [0.2, 0.25) is 5.91 Å². The summed E-state index contributed by atoms with van der Waals surface area (Å²) in [5.74, 6) is 1.49. The quantitative estimate of drug-likeness (QED) is 0.811. The molecule has 0 saturated carbocycles. The van der Waals surface area contributed by atoms with Crippen molar-refractivity contribution in [3.8, 4) is 11.5 Å². The van der Waals surface area contributed by atoms with E-state index in [2.05, 4.69) is 15.5 Å². The molecule has 2 N–H and O–H groups in total. The molecule has 1 aliphatic rings. The van der Waals surface area contributed by atoms with Crippen LogP contribution in [0.2, 0.25) is 0 Å². The van der Waals surface area contributed by atoms with Crippen LogP contribution in [-0.4, -0.2) is 43.5 Å². The van der Waals surface area contributed by atoms with Crippen LogP contribution < -0.4 is 15.4 Å². The number of hydrogen-bond donors (Lipinski definition) is 2. The van der Waals surface area contributed by atoms with Crippen LogP contribution in [0.1, 0.15) is 12.8 Å². The van der Waals surface area contributed by atoms with Crippen molar-refractivity contribution in [1.29, 1.82) is 0 Å². The molecule has 0 radical (unpaired) electrons. The summed E-state index contributed by atoms with van der Waals surface area (Å²) in [4.78, 5) is 14.5. The number of ether oxygens (including phenoxy) is 1. The first-order chi connectivity index (χ1) is 12.2. The van der Waals surface area contributed by atoms with Gasteiger partial charge in [-0.05, 0) is 50.7 Å². The molecular weight excluding hydrogens is 350 g/mol. The monoisotopic (exact) mass is 375 g/mol. The molecule has 26 heavy (non-hydrogen) atoms. The molecule has 1 amide bonds. The van der Waals surface area contributed by atoms with E-state index in [4.69, 9.17) is 4.74 Å². The highest BCUT2D eigenvalue weighted by molar-refractivity contribution is 5.92. The average molecular weight is 376 g/mol. The van der Waals surface area contributed by atoms with E-state index in [1.165, 1.54) is 6.42 Å². The van der Waals surface area contributed by atoms with E-state index in [1.54, 1.807) is 0 Å². The summed E-state index contributed by atoms with van der Waals surface area (Å²) < 4.78 is 5.81. The lowest BCUT2D eigenvalue weighted by Crippen LogP contribution is -2.46. The van der Waals surface area contributed by atoms with Gasteiger partial charge in [0.15, 0.2) is 0 Å². The SMILES string of the molecule is CNC1CCCN(CC(=O)Nc2cccc(Oc3ccccc3)c2)C1.Cl. The predicted molar refractivity (Wildman–Crippen MR) is 107 cm³/mol. The second-order valence-electron chi connectivity index (χ2n) is 6.35. The molecule has 2 aromatic rings. The van der Waals surface area contributed by atoms with Crippen molar-refractivity contribution in [2.75, 3.05) is 32.0 Å². The maximum Gasteiger partial charge on any atom is 0.238 e. The van der Waals surface area contributed by atoms with Gasteiger partial charge in [-0.3, -0.25) is 9.69 Å². The van der Waals surface area contributed by atoms with E-state index in [-0.39, 0.29) is 18.3 Å². The number of amides is 1. The Labute approximate surface area is 161 Å². The molecule has 0 bridgehead atoms. The first-order valence-corrected chi connectivity index (χ1v) is 8.75. The van der Waals surface area contributed by atoms with Crippen molar-refractivity contribution in [2.45, 2.75) is 18.9 Å². The van der Waals surface area contributed by atoms with Gasteiger partial charge in [0.25, 0.3) is 0 Å². The van der Waals surface area contributed by atoms with Crippen LogP contribution in [0.4, 0.5) is 5.69 Å². The Bertz CT molecular complexity index is 696. The largest absolute Gasteiger partial charge is 0.457 e. The van der Waals surface area contributed by atoms with Crippen molar-refractivity contribution in [2.24, 2.45) is 0 Å². The highest BCUT2D eigenvalue weighted by Gasteiger charge is 2.20. The molecule has 3 rings (SSSR count). The minimum absolute atomic E-state index is 0.